The van der Waals surface area contributed by atoms with Crippen LogP contribution >= 0.6 is 27.5 Å². The van der Waals surface area contributed by atoms with E-state index in [9.17, 15) is 9.59 Å². The van der Waals surface area contributed by atoms with Gasteiger partial charge in [-0.1, -0.05) is 89.3 Å². The van der Waals surface area contributed by atoms with Crippen molar-refractivity contribution in [1.82, 2.24) is 10.2 Å². The molecule has 1 aliphatic rings. The number of hydrogen-bond donors (Lipinski definition) is 1. The van der Waals surface area contributed by atoms with Crippen molar-refractivity contribution in [3.63, 3.8) is 0 Å². The Balaban J connectivity index is 1.59. The monoisotopic (exact) mass is 582 g/mol. The van der Waals surface area contributed by atoms with Crippen LogP contribution in [0.25, 0.3) is 0 Å². The number of nitrogens with one attached hydrogen (secondary N) is 1. The van der Waals surface area contributed by atoms with E-state index < -0.39 is 6.04 Å². The number of nitrogens with zero attached hydrogens (tertiary/aromatic N) is 1. The van der Waals surface area contributed by atoms with Crippen LogP contribution in [0.1, 0.15) is 43.2 Å². The topological polar surface area (TPSA) is 58.6 Å². The molecule has 0 aromatic heterocycles. The third-order valence-electron chi connectivity index (χ3n) is 6.66. The first-order valence-corrected chi connectivity index (χ1v) is 13.9. The number of amides is 2. The average Bonchev–Trinajstić information content (AvgIpc) is 2.92. The highest BCUT2D eigenvalue weighted by molar-refractivity contribution is 9.10. The van der Waals surface area contributed by atoms with Crippen molar-refractivity contribution < 1.29 is 14.3 Å². The number of halogens is 2. The molecule has 1 unspecified atom stereocenters. The standard InChI is InChI=1S/C30H32BrClN2O3/c31-24-13-17-27(18-14-24)37-21-29(35)34(20-23-11-15-25(32)16-12-23)28(19-22-7-3-1-4-8-22)30(36)33-26-9-5-2-6-10-26/h1,3-4,7-8,11-18,26,28H,2,5-6,9-10,19-21H2,(H,33,36). The number of hydrogen-bond acceptors (Lipinski definition) is 3. The molecule has 3 aromatic carbocycles. The van der Waals surface area contributed by atoms with E-state index >= 15 is 0 Å². The van der Waals surface area contributed by atoms with Crippen molar-refractivity contribution in [3.05, 3.63) is 99.5 Å². The van der Waals surface area contributed by atoms with Crippen LogP contribution in [0.5, 0.6) is 5.75 Å². The molecule has 3 aromatic rings. The molecule has 0 heterocycles. The molecule has 194 valence electrons. The van der Waals surface area contributed by atoms with Crippen LogP contribution in [0.15, 0.2) is 83.3 Å². The van der Waals surface area contributed by atoms with E-state index in [1.807, 2.05) is 54.6 Å². The lowest BCUT2D eigenvalue weighted by atomic mass is 9.94. The van der Waals surface area contributed by atoms with Gasteiger partial charge in [-0.2, -0.15) is 0 Å². The summed E-state index contributed by atoms with van der Waals surface area (Å²) in [6.45, 7) is 0.104. The smallest absolute Gasteiger partial charge is 0.261 e. The normalized spacial score (nSPS) is 14.5. The highest BCUT2D eigenvalue weighted by atomic mass is 79.9. The van der Waals surface area contributed by atoms with E-state index in [2.05, 4.69) is 21.2 Å². The quantitative estimate of drug-likeness (QED) is 0.294. The number of rotatable bonds is 10. The maximum absolute atomic E-state index is 13.7. The second-order valence-electron chi connectivity index (χ2n) is 9.44. The summed E-state index contributed by atoms with van der Waals surface area (Å²) in [6.07, 6.45) is 5.79. The molecule has 0 saturated heterocycles. The molecule has 1 fully saturated rings. The maximum Gasteiger partial charge on any atom is 0.261 e. The number of carbonyl (C=O) groups is 2. The Morgan fingerprint density at radius 2 is 1.59 bits per heavy atom. The molecule has 1 saturated carbocycles. The Bertz CT molecular complexity index is 1150. The van der Waals surface area contributed by atoms with Crippen molar-refractivity contribution in [2.24, 2.45) is 0 Å². The minimum atomic E-state index is -0.680. The summed E-state index contributed by atoms with van der Waals surface area (Å²) in [5.41, 5.74) is 1.89. The van der Waals surface area contributed by atoms with Gasteiger partial charge in [-0.3, -0.25) is 9.59 Å². The highest BCUT2D eigenvalue weighted by Gasteiger charge is 2.32. The number of benzene rings is 3. The van der Waals surface area contributed by atoms with Crippen molar-refractivity contribution in [2.45, 2.75) is 57.2 Å². The van der Waals surface area contributed by atoms with Crippen molar-refractivity contribution in [3.8, 4) is 5.75 Å². The average molecular weight is 584 g/mol. The lowest BCUT2D eigenvalue weighted by Crippen LogP contribution is -2.53. The van der Waals surface area contributed by atoms with Gasteiger partial charge in [0.15, 0.2) is 6.61 Å². The van der Waals surface area contributed by atoms with Gasteiger partial charge in [-0.05, 0) is 60.4 Å². The van der Waals surface area contributed by atoms with Crippen molar-refractivity contribution in [2.75, 3.05) is 6.61 Å². The third-order valence-corrected chi connectivity index (χ3v) is 7.45. The zero-order chi connectivity index (χ0) is 26.0. The van der Waals surface area contributed by atoms with Crippen LogP contribution in [0.4, 0.5) is 0 Å². The fraction of sp³-hybridized carbons (Fsp3) is 0.333. The Kier molecular flexibility index (Phi) is 10.0. The van der Waals surface area contributed by atoms with Crippen LogP contribution in [0, 0.1) is 0 Å². The second kappa shape index (κ2) is 13.6. The van der Waals surface area contributed by atoms with Gasteiger partial charge < -0.3 is 15.0 Å². The predicted octanol–water partition coefficient (Wildman–Crippen LogP) is 6.57. The molecule has 7 heteroatoms. The highest BCUT2D eigenvalue weighted by Crippen LogP contribution is 2.21. The molecule has 2 amide bonds. The number of ether oxygens (including phenoxy) is 1. The summed E-state index contributed by atoms with van der Waals surface area (Å²) >= 11 is 9.51. The van der Waals surface area contributed by atoms with Gasteiger partial charge in [-0.25, -0.2) is 0 Å². The molecule has 1 atom stereocenters. The Labute approximate surface area is 232 Å². The first-order chi connectivity index (χ1) is 18.0. The third kappa shape index (κ3) is 8.34. The largest absolute Gasteiger partial charge is 0.484 e. The zero-order valence-corrected chi connectivity index (χ0v) is 23.1. The molecule has 4 rings (SSSR count). The second-order valence-corrected chi connectivity index (χ2v) is 10.8. The van der Waals surface area contributed by atoms with Crippen LogP contribution in [0.3, 0.4) is 0 Å². The summed E-state index contributed by atoms with van der Waals surface area (Å²) in [7, 11) is 0. The van der Waals surface area contributed by atoms with E-state index in [4.69, 9.17) is 16.3 Å². The fourth-order valence-corrected chi connectivity index (χ4v) is 5.03. The van der Waals surface area contributed by atoms with Crippen LogP contribution in [-0.2, 0) is 22.6 Å². The SMILES string of the molecule is O=C(NC1CCCCC1)C(Cc1ccccc1)N(Cc1ccc(Cl)cc1)C(=O)COc1ccc(Br)cc1. The molecule has 1 aliphatic carbocycles. The predicted molar refractivity (Wildman–Crippen MR) is 151 cm³/mol. The van der Waals surface area contributed by atoms with Gasteiger partial charge in [0, 0.05) is 28.5 Å². The van der Waals surface area contributed by atoms with E-state index in [1.165, 1.54) is 6.42 Å². The minimum Gasteiger partial charge on any atom is -0.484 e. The maximum atomic E-state index is 13.7. The van der Waals surface area contributed by atoms with E-state index in [1.54, 1.807) is 29.2 Å². The van der Waals surface area contributed by atoms with E-state index in [0.717, 1.165) is 41.3 Å². The van der Waals surface area contributed by atoms with E-state index in [0.29, 0.717) is 17.2 Å². The minimum absolute atomic E-state index is 0.123. The van der Waals surface area contributed by atoms with Gasteiger partial charge in [0.25, 0.3) is 5.91 Å². The lowest BCUT2D eigenvalue weighted by molar-refractivity contribution is -0.143. The Morgan fingerprint density at radius 1 is 0.919 bits per heavy atom. The molecule has 0 aliphatic heterocycles. The van der Waals surface area contributed by atoms with Crippen LogP contribution < -0.4 is 10.1 Å². The Morgan fingerprint density at radius 3 is 2.27 bits per heavy atom. The van der Waals surface area contributed by atoms with Crippen LogP contribution in [-0.4, -0.2) is 35.4 Å². The molecular weight excluding hydrogens is 552 g/mol. The molecular formula is C30H32BrClN2O3. The molecule has 37 heavy (non-hydrogen) atoms. The van der Waals surface area contributed by atoms with Crippen molar-refractivity contribution >= 4 is 39.3 Å². The molecule has 1 N–H and O–H groups in total. The first-order valence-electron chi connectivity index (χ1n) is 12.7. The van der Waals surface area contributed by atoms with Gasteiger partial charge >= 0.3 is 0 Å². The molecule has 5 nitrogen and oxygen atoms in total. The zero-order valence-electron chi connectivity index (χ0n) is 20.7. The van der Waals surface area contributed by atoms with Crippen molar-refractivity contribution in [1.29, 1.82) is 0 Å². The summed E-state index contributed by atoms with van der Waals surface area (Å²) < 4.78 is 6.75. The van der Waals surface area contributed by atoms with Gasteiger partial charge in [0.1, 0.15) is 11.8 Å². The fourth-order valence-electron chi connectivity index (χ4n) is 4.64. The summed E-state index contributed by atoms with van der Waals surface area (Å²) in [4.78, 5) is 29.1. The van der Waals surface area contributed by atoms with E-state index in [-0.39, 0.29) is 31.0 Å². The molecule has 0 radical (unpaired) electrons. The van der Waals surface area contributed by atoms with Crippen LogP contribution in [0.2, 0.25) is 5.02 Å². The summed E-state index contributed by atoms with van der Waals surface area (Å²) in [5.74, 6) is 0.216. The first kappa shape index (κ1) is 27.2. The van der Waals surface area contributed by atoms with Gasteiger partial charge in [0.2, 0.25) is 5.91 Å². The Hall–Kier alpha value is -2.83. The molecule has 0 spiro atoms. The van der Waals surface area contributed by atoms with Gasteiger partial charge in [0.05, 0.1) is 0 Å². The number of carbonyl (C=O) groups excluding carboxylic acids is 2. The van der Waals surface area contributed by atoms with Gasteiger partial charge in [-0.15, -0.1) is 0 Å². The lowest BCUT2D eigenvalue weighted by Gasteiger charge is -2.33. The summed E-state index contributed by atoms with van der Waals surface area (Å²) in [5, 5.41) is 3.87. The summed E-state index contributed by atoms with van der Waals surface area (Å²) in [6, 6.07) is 24.0. The molecule has 0 bridgehead atoms.